The van der Waals surface area contributed by atoms with Gasteiger partial charge in [-0.1, -0.05) is 42.5 Å². The van der Waals surface area contributed by atoms with Crippen molar-refractivity contribution in [3.63, 3.8) is 0 Å². The zero-order valence-electron chi connectivity index (χ0n) is 16.5. The molecule has 4 amide bonds. The molecule has 1 aromatic rings. The Morgan fingerprint density at radius 1 is 0.966 bits per heavy atom. The topological polar surface area (TPSA) is 69.7 Å². The van der Waals surface area contributed by atoms with Gasteiger partial charge in [-0.15, -0.1) is 0 Å². The van der Waals surface area contributed by atoms with Gasteiger partial charge in [0.1, 0.15) is 0 Å². The number of fused-ring (bicyclic) bond motifs is 5. The van der Waals surface area contributed by atoms with Crippen molar-refractivity contribution in [3.05, 3.63) is 48.0 Å². The molecule has 5 unspecified atom stereocenters. The van der Waals surface area contributed by atoms with Crippen molar-refractivity contribution in [2.75, 3.05) is 19.6 Å². The van der Waals surface area contributed by atoms with E-state index in [0.29, 0.717) is 0 Å². The molecule has 2 bridgehead atoms. The number of hydrogen-bond donors (Lipinski definition) is 1. The van der Waals surface area contributed by atoms with Gasteiger partial charge in [-0.05, 0) is 43.1 Å². The van der Waals surface area contributed by atoms with Gasteiger partial charge in [0.05, 0.1) is 17.9 Å². The highest BCUT2D eigenvalue weighted by Gasteiger charge is 2.60. The second-order valence-electron chi connectivity index (χ2n) is 8.71. The maximum absolute atomic E-state index is 13.3. The first-order chi connectivity index (χ1) is 14.1. The average molecular weight is 393 g/mol. The van der Waals surface area contributed by atoms with Gasteiger partial charge in [0.15, 0.2) is 0 Å². The summed E-state index contributed by atoms with van der Waals surface area (Å²) in [5.41, 5.74) is 0.883. The molecule has 152 valence electrons. The van der Waals surface area contributed by atoms with Gasteiger partial charge in [-0.25, -0.2) is 4.79 Å². The number of allylic oxidation sites excluding steroid dienone is 2. The Morgan fingerprint density at radius 3 is 2.21 bits per heavy atom. The molecule has 2 aliphatic heterocycles. The Hall–Kier alpha value is -2.63. The molecule has 2 heterocycles. The first-order valence-corrected chi connectivity index (χ1v) is 10.8. The van der Waals surface area contributed by atoms with Crippen LogP contribution in [0.1, 0.15) is 37.3 Å². The van der Waals surface area contributed by atoms with Crippen LogP contribution in [0.5, 0.6) is 0 Å². The molecule has 4 aliphatic rings. The second kappa shape index (κ2) is 7.32. The fraction of sp³-hybridized carbons (Fsp3) is 0.522. The minimum absolute atomic E-state index is 0.0714. The maximum atomic E-state index is 13.3. The zero-order chi connectivity index (χ0) is 20.0. The molecular weight excluding hydrogens is 366 g/mol. The summed E-state index contributed by atoms with van der Waals surface area (Å²) in [7, 11) is 0. The van der Waals surface area contributed by atoms with Crippen LogP contribution in [-0.2, 0) is 9.59 Å². The van der Waals surface area contributed by atoms with Crippen molar-refractivity contribution in [1.29, 1.82) is 0 Å². The standard InChI is InChI=1S/C23H27N3O3/c27-21-19-16-9-10-17(13-16)20(19)22(28)26(21)18(15-7-3-1-4-8-15)14-24-23(29)25-11-5-2-6-12-25/h1,3-4,7-10,16-20H,2,5-6,11-14H2,(H,24,29). The van der Waals surface area contributed by atoms with Crippen LogP contribution in [0.15, 0.2) is 42.5 Å². The zero-order valence-corrected chi connectivity index (χ0v) is 16.5. The van der Waals surface area contributed by atoms with E-state index in [1.165, 1.54) is 4.90 Å². The molecule has 29 heavy (non-hydrogen) atoms. The van der Waals surface area contributed by atoms with E-state index in [1.54, 1.807) is 0 Å². The van der Waals surface area contributed by atoms with Gasteiger partial charge < -0.3 is 10.2 Å². The SMILES string of the molecule is O=C(NCC(c1ccccc1)N1C(=O)C2C3C=CC(C3)C2C1=O)N1CCCCC1. The lowest BCUT2D eigenvalue weighted by Gasteiger charge is -2.31. The second-order valence-corrected chi connectivity index (χ2v) is 8.71. The van der Waals surface area contributed by atoms with Crippen LogP contribution in [0.3, 0.4) is 0 Å². The summed E-state index contributed by atoms with van der Waals surface area (Å²) in [5, 5.41) is 3.00. The molecule has 6 nitrogen and oxygen atoms in total. The van der Waals surface area contributed by atoms with E-state index in [4.69, 9.17) is 0 Å². The number of carbonyl (C=O) groups excluding carboxylic acids is 3. The Morgan fingerprint density at radius 2 is 1.59 bits per heavy atom. The quantitative estimate of drug-likeness (QED) is 0.632. The average Bonchev–Trinajstić information content (AvgIpc) is 3.44. The first kappa shape index (κ1) is 18.4. The van der Waals surface area contributed by atoms with Gasteiger partial charge in [0.2, 0.25) is 11.8 Å². The Labute approximate surface area is 170 Å². The molecule has 1 saturated carbocycles. The molecule has 2 aliphatic carbocycles. The van der Waals surface area contributed by atoms with Gasteiger partial charge in [-0.2, -0.15) is 0 Å². The van der Waals surface area contributed by atoms with Crippen LogP contribution < -0.4 is 5.32 Å². The Balaban J connectivity index is 1.37. The summed E-state index contributed by atoms with van der Waals surface area (Å²) in [5.74, 6) is -0.213. The highest BCUT2D eigenvalue weighted by Crippen LogP contribution is 2.53. The Kier molecular flexibility index (Phi) is 4.64. The smallest absolute Gasteiger partial charge is 0.317 e. The third-order valence-electron chi connectivity index (χ3n) is 7.09. The molecule has 5 atom stereocenters. The highest BCUT2D eigenvalue weighted by molar-refractivity contribution is 6.06. The van der Waals surface area contributed by atoms with Crippen molar-refractivity contribution in [2.45, 2.75) is 31.7 Å². The van der Waals surface area contributed by atoms with Crippen LogP contribution in [-0.4, -0.2) is 47.3 Å². The molecule has 0 spiro atoms. The van der Waals surface area contributed by atoms with Crippen molar-refractivity contribution < 1.29 is 14.4 Å². The monoisotopic (exact) mass is 393 g/mol. The third-order valence-corrected chi connectivity index (χ3v) is 7.09. The molecule has 6 heteroatoms. The minimum atomic E-state index is -0.463. The van der Waals surface area contributed by atoms with Crippen molar-refractivity contribution >= 4 is 17.8 Å². The van der Waals surface area contributed by atoms with Gasteiger partial charge in [0, 0.05) is 19.6 Å². The predicted octanol–water partition coefficient (Wildman–Crippen LogP) is 2.73. The van der Waals surface area contributed by atoms with E-state index >= 15 is 0 Å². The summed E-state index contributed by atoms with van der Waals surface area (Å²) in [6.45, 7) is 1.78. The van der Waals surface area contributed by atoms with Crippen molar-refractivity contribution in [3.8, 4) is 0 Å². The van der Waals surface area contributed by atoms with Gasteiger partial charge in [-0.3, -0.25) is 14.5 Å². The van der Waals surface area contributed by atoms with E-state index in [9.17, 15) is 14.4 Å². The van der Waals surface area contributed by atoms with E-state index in [0.717, 1.165) is 44.3 Å². The van der Waals surface area contributed by atoms with Crippen molar-refractivity contribution in [2.24, 2.45) is 23.7 Å². The number of likely N-dealkylation sites (tertiary alicyclic amines) is 2. The summed E-state index contributed by atoms with van der Waals surface area (Å²) in [6.07, 6.45) is 8.34. The number of imide groups is 1. The number of amides is 4. The number of urea groups is 1. The summed E-state index contributed by atoms with van der Waals surface area (Å²) in [6, 6.07) is 9.02. The van der Waals surface area contributed by atoms with Crippen LogP contribution >= 0.6 is 0 Å². The predicted molar refractivity (Wildman–Crippen MR) is 108 cm³/mol. The van der Waals surface area contributed by atoms with Crippen LogP contribution in [0.4, 0.5) is 4.79 Å². The first-order valence-electron chi connectivity index (χ1n) is 10.8. The largest absolute Gasteiger partial charge is 0.336 e. The highest BCUT2D eigenvalue weighted by atomic mass is 16.2. The molecule has 1 aromatic carbocycles. The van der Waals surface area contributed by atoms with Gasteiger partial charge in [0.25, 0.3) is 0 Å². The third kappa shape index (κ3) is 3.05. The maximum Gasteiger partial charge on any atom is 0.317 e. The Bertz CT molecular complexity index is 816. The lowest BCUT2D eigenvalue weighted by Crippen LogP contribution is -2.47. The van der Waals surface area contributed by atoms with Gasteiger partial charge >= 0.3 is 6.03 Å². The number of piperidine rings is 1. The summed E-state index contributed by atoms with van der Waals surface area (Å²) >= 11 is 0. The molecular formula is C23H27N3O3. The number of carbonyl (C=O) groups is 3. The molecule has 0 aromatic heterocycles. The lowest BCUT2D eigenvalue weighted by molar-refractivity contribution is -0.143. The lowest BCUT2D eigenvalue weighted by atomic mass is 9.85. The molecule has 5 rings (SSSR count). The number of nitrogens with zero attached hydrogens (tertiary/aromatic N) is 2. The van der Waals surface area contributed by atoms with Crippen LogP contribution in [0.25, 0.3) is 0 Å². The fourth-order valence-electron chi connectivity index (χ4n) is 5.66. The number of hydrogen-bond acceptors (Lipinski definition) is 3. The molecule has 1 N–H and O–H groups in total. The van der Waals surface area contributed by atoms with E-state index < -0.39 is 6.04 Å². The number of nitrogens with one attached hydrogen (secondary N) is 1. The molecule has 0 radical (unpaired) electrons. The number of benzene rings is 1. The van der Waals surface area contributed by atoms with E-state index in [-0.39, 0.29) is 48.1 Å². The molecule has 3 fully saturated rings. The van der Waals surface area contributed by atoms with Crippen LogP contribution in [0, 0.1) is 23.7 Å². The van der Waals surface area contributed by atoms with Crippen molar-refractivity contribution in [1.82, 2.24) is 15.1 Å². The van der Waals surface area contributed by atoms with E-state index in [1.807, 2.05) is 35.2 Å². The molecule has 2 saturated heterocycles. The summed E-state index contributed by atoms with van der Waals surface area (Å²) in [4.78, 5) is 42.5. The normalized spacial score (nSPS) is 31.3. The summed E-state index contributed by atoms with van der Waals surface area (Å²) < 4.78 is 0. The van der Waals surface area contributed by atoms with Crippen LogP contribution in [0.2, 0.25) is 0 Å². The number of rotatable bonds is 4. The minimum Gasteiger partial charge on any atom is -0.336 e. The fourth-order valence-corrected chi connectivity index (χ4v) is 5.66. The van der Waals surface area contributed by atoms with E-state index in [2.05, 4.69) is 17.5 Å².